The van der Waals surface area contributed by atoms with Crippen LogP contribution in [0.25, 0.3) is 0 Å². The molecular formula is C13H17N3O. The van der Waals surface area contributed by atoms with Gasteiger partial charge in [0, 0.05) is 7.05 Å². The number of aryl methyl sites for hydroxylation is 3. The molecule has 0 amide bonds. The van der Waals surface area contributed by atoms with E-state index in [0.717, 1.165) is 22.6 Å². The molecule has 4 heteroatoms. The number of para-hydroxylation sites is 1. The predicted molar refractivity (Wildman–Crippen MR) is 67.9 cm³/mol. The number of ether oxygens (including phenoxy) is 1. The Labute approximate surface area is 101 Å². The monoisotopic (exact) mass is 231 g/mol. The van der Waals surface area contributed by atoms with Crippen molar-refractivity contribution in [3.05, 3.63) is 41.1 Å². The molecule has 1 aromatic carbocycles. The van der Waals surface area contributed by atoms with Crippen LogP contribution in [0.2, 0.25) is 0 Å². The van der Waals surface area contributed by atoms with E-state index < -0.39 is 0 Å². The molecule has 1 heterocycles. The van der Waals surface area contributed by atoms with Crippen LogP contribution in [0.5, 0.6) is 5.75 Å². The minimum Gasteiger partial charge on any atom is -0.488 e. The standard InChI is InChI=1S/C13H17N3O/c1-9-6-4-5-7-12(9)17-8-11-10(2)15-16(3)13(11)14/h4-7H,8,14H2,1-3H3. The summed E-state index contributed by atoms with van der Waals surface area (Å²) in [5.41, 5.74) is 8.91. The van der Waals surface area contributed by atoms with Gasteiger partial charge in [-0.3, -0.25) is 4.68 Å². The minimum absolute atomic E-state index is 0.455. The van der Waals surface area contributed by atoms with E-state index in [9.17, 15) is 0 Å². The first kappa shape index (κ1) is 11.5. The summed E-state index contributed by atoms with van der Waals surface area (Å²) in [6, 6.07) is 7.93. The van der Waals surface area contributed by atoms with Gasteiger partial charge in [0.05, 0.1) is 11.3 Å². The van der Waals surface area contributed by atoms with E-state index in [1.54, 1.807) is 4.68 Å². The van der Waals surface area contributed by atoms with Crippen molar-refractivity contribution < 1.29 is 4.74 Å². The summed E-state index contributed by atoms with van der Waals surface area (Å²) in [5.74, 6) is 1.55. The van der Waals surface area contributed by atoms with E-state index in [1.165, 1.54) is 0 Å². The zero-order valence-corrected chi connectivity index (χ0v) is 10.4. The van der Waals surface area contributed by atoms with E-state index >= 15 is 0 Å². The molecule has 90 valence electrons. The lowest BCUT2D eigenvalue weighted by atomic mass is 10.2. The van der Waals surface area contributed by atoms with Gasteiger partial charge >= 0.3 is 0 Å². The summed E-state index contributed by atoms with van der Waals surface area (Å²) in [6.07, 6.45) is 0. The zero-order valence-electron chi connectivity index (χ0n) is 10.4. The average molecular weight is 231 g/mol. The van der Waals surface area contributed by atoms with Crippen molar-refractivity contribution in [1.82, 2.24) is 9.78 Å². The van der Waals surface area contributed by atoms with Crippen molar-refractivity contribution in [2.45, 2.75) is 20.5 Å². The third-order valence-corrected chi connectivity index (χ3v) is 2.86. The molecule has 0 saturated carbocycles. The quantitative estimate of drug-likeness (QED) is 0.881. The summed E-state index contributed by atoms with van der Waals surface area (Å²) in [5, 5.41) is 4.26. The third-order valence-electron chi connectivity index (χ3n) is 2.86. The van der Waals surface area contributed by atoms with E-state index in [4.69, 9.17) is 10.5 Å². The molecular weight excluding hydrogens is 214 g/mol. The highest BCUT2D eigenvalue weighted by atomic mass is 16.5. The first-order valence-electron chi connectivity index (χ1n) is 5.56. The van der Waals surface area contributed by atoms with Crippen LogP contribution >= 0.6 is 0 Å². The molecule has 0 radical (unpaired) electrons. The maximum Gasteiger partial charge on any atom is 0.128 e. The van der Waals surface area contributed by atoms with Crippen molar-refractivity contribution in [3.8, 4) is 5.75 Å². The Morgan fingerprint density at radius 1 is 1.29 bits per heavy atom. The Kier molecular flexibility index (Phi) is 3.04. The highest BCUT2D eigenvalue weighted by molar-refractivity contribution is 5.43. The second-order valence-electron chi connectivity index (χ2n) is 4.13. The van der Waals surface area contributed by atoms with Gasteiger partial charge in [-0.25, -0.2) is 0 Å². The number of nitrogens with two attached hydrogens (primary N) is 1. The van der Waals surface area contributed by atoms with Crippen LogP contribution in [0.4, 0.5) is 5.82 Å². The number of benzene rings is 1. The Bertz CT molecular complexity index is 531. The molecule has 2 rings (SSSR count). The molecule has 17 heavy (non-hydrogen) atoms. The lowest BCUT2D eigenvalue weighted by Crippen LogP contribution is -2.03. The number of anilines is 1. The summed E-state index contributed by atoms with van der Waals surface area (Å²) in [6.45, 7) is 4.41. The molecule has 0 unspecified atom stereocenters. The zero-order chi connectivity index (χ0) is 12.4. The Balaban J connectivity index is 2.15. The molecule has 2 N–H and O–H groups in total. The number of hydrogen-bond acceptors (Lipinski definition) is 3. The number of rotatable bonds is 3. The summed E-state index contributed by atoms with van der Waals surface area (Å²) >= 11 is 0. The molecule has 0 aliphatic heterocycles. The number of nitrogen functional groups attached to an aromatic ring is 1. The lowest BCUT2D eigenvalue weighted by molar-refractivity contribution is 0.304. The van der Waals surface area contributed by atoms with Crippen LogP contribution in [0.15, 0.2) is 24.3 Å². The van der Waals surface area contributed by atoms with Crippen LogP contribution in [0.1, 0.15) is 16.8 Å². The SMILES string of the molecule is Cc1ccccc1OCc1c(C)nn(C)c1N. The van der Waals surface area contributed by atoms with Gasteiger partial charge in [-0.1, -0.05) is 18.2 Å². The highest BCUT2D eigenvalue weighted by Crippen LogP contribution is 2.21. The third kappa shape index (κ3) is 2.25. The van der Waals surface area contributed by atoms with Crippen molar-refractivity contribution in [1.29, 1.82) is 0 Å². The van der Waals surface area contributed by atoms with Crippen LogP contribution in [-0.4, -0.2) is 9.78 Å². The largest absolute Gasteiger partial charge is 0.488 e. The van der Waals surface area contributed by atoms with Crippen molar-refractivity contribution in [2.24, 2.45) is 7.05 Å². The molecule has 0 aliphatic rings. The smallest absolute Gasteiger partial charge is 0.128 e. The molecule has 0 aliphatic carbocycles. The van der Waals surface area contributed by atoms with Gasteiger partial charge in [-0.05, 0) is 25.5 Å². The summed E-state index contributed by atoms with van der Waals surface area (Å²) in [4.78, 5) is 0. The van der Waals surface area contributed by atoms with Crippen molar-refractivity contribution in [3.63, 3.8) is 0 Å². The van der Waals surface area contributed by atoms with E-state index in [-0.39, 0.29) is 0 Å². The minimum atomic E-state index is 0.455. The molecule has 0 bridgehead atoms. The van der Waals surface area contributed by atoms with Crippen LogP contribution < -0.4 is 10.5 Å². The van der Waals surface area contributed by atoms with E-state index in [0.29, 0.717) is 12.4 Å². The number of aromatic nitrogens is 2. The van der Waals surface area contributed by atoms with E-state index in [2.05, 4.69) is 5.10 Å². The van der Waals surface area contributed by atoms with Gasteiger partial charge in [0.2, 0.25) is 0 Å². The van der Waals surface area contributed by atoms with Gasteiger partial charge in [-0.15, -0.1) is 0 Å². The average Bonchev–Trinajstić information content (AvgIpc) is 2.53. The molecule has 0 spiro atoms. The number of nitrogens with zero attached hydrogens (tertiary/aromatic N) is 2. The maximum atomic E-state index is 5.93. The van der Waals surface area contributed by atoms with Gasteiger partial charge in [0.25, 0.3) is 0 Å². The van der Waals surface area contributed by atoms with Gasteiger partial charge in [0.1, 0.15) is 18.2 Å². The van der Waals surface area contributed by atoms with Gasteiger partial charge in [0.15, 0.2) is 0 Å². The lowest BCUT2D eigenvalue weighted by Gasteiger charge is -2.08. The molecule has 4 nitrogen and oxygen atoms in total. The normalized spacial score (nSPS) is 10.5. The van der Waals surface area contributed by atoms with Crippen molar-refractivity contribution in [2.75, 3.05) is 5.73 Å². The fraction of sp³-hybridized carbons (Fsp3) is 0.308. The predicted octanol–water partition coefficient (Wildman–Crippen LogP) is 2.20. The maximum absolute atomic E-state index is 5.93. The summed E-state index contributed by atoms with van der Waals surface area (Å²) in [7, 11) is 1.83. The van der Waals surface area contributed by atoms with Crippen LogP contribution in [-0.2, 0) is 13.7 Å². The Morgan fingerprint density at radius 2 is 2.00 bits per heavy atom. The highest BCUT2D eigenvalue weighted by Gasteiger charge is 2.11. The van der Waals surface area contributed by atoms with Crippen LogP contribution in [0, 0.1) is 13.8 Å². The fourth-order valence-corrected chi connectivity index (χ4v) is 1.77. The molecule has 0 atom stereocenters. The Morgan fingerprint density at radius 3 is 2.59 bits per heavy atom. The number of hydrogen-bond donors (Lipinski definition) is 1. The van der Waals surface area contributed by atoms with Gasteiger partial charge in [-0.2, -0.15) is 5.10 Å². The molecule has 2 aromatic rings. The van der Waals surface area contributed by atoms with E-state index in [1.807, 2.05) is 45.2 Å². The molecule has 1 aromatic heterocycles. The summed E-state index contributed by atoms with van der Waals surface area (Å²) < 4.78 is 7.44. The topological polar surface area (TPSA) is 53.1 Å². The first-order valence-corrected chi connectivity index (χ1v) is 5.56. The van der Waals surface area contributed by atoms with Gasteiger partial charge < -0.3 is 10.5 Å². The fourth-order valence-electron chi connectivity index (χ4n) is 1.77. The van der Waals surface area contributed by atoms with Crippen molar-refractivity contribution >= 4 is 5.82 Å². The second kappa shape index (κ2) is 4.49. The molecule has 0 fully saturated rings. The second-order valence-corrected chi connectivity index (χ2v) is 4.13. The van der Waals surface area contributed by atoms with Crippen LogP contribution in [0.3, 0.4) is 0 Å². The first-order chi connectivity index (χ1) is 8.09. The molecule has 0 saturated heterocycles. The Hall–Kier alpha value is -1.97.